The fourth-order valence-electron chi connectivity index (χ4n) is 4.21. The Morgan fingerprint density at radius 2 is 1.60 bits per heavy atom. The molecule has 98 valence electrons. The molecule has 1 fully saturated rings. The van der Waals surface area contributed by atoms with Gasteiger partial charge in [-0.3, -0.25) is 0 Å². The maximum atomic E-state index is 7.29. The first-order valence-corrected chi connectivity index (χ1v) is 7.47. The molecule has 0 amide bonds. The zero-order valence-corrected chi connectivity index (χ0v) is 11.5. The molecule has 0 bridgehead atoms. The van der Waals surface area contributed by atoms with E-state index in [9.17, 15) is 0 Å². The summed E-state index contributed by atoms with van der Waals surface area (Å²) in [4.78, 5) is 3.64. The molecular formula is C19H17N. The lowest BCUT2D eigenvalue weighted by molar-refractivity contribution is 0.353. The van der Waals surface area contributed by atoms with E-state index in [-0.39, 0.29) is 5.41 Å². The average molecular weight is 259 g/mol. The van der Waals surface area contributed by atoms with Crippen LogP contribution in [0.3, 0.4) is 0 Å². The van der Waals surface area contributed by atoms with Crippen LogP contribution in [0.15, 0.2) is 42.5 Å². The molecule has 2 aromatic carbocycles. The van der Waals surface area contributed by atoms with E-state index in [1.807, 2.05) is 6.07 Å². The molecule has 0 unspecified atom stereocenters. The Bertz CT molecular complexity index is 715. The van der Waals surface area contributed by atoms with Crippen LogP contribution in [-0.2, 0) is 5.41 Å². The van der Waals surface area contributed by atoms with Crippen LogP contribution in [0.25, 0.3) is 16.0 Å². The van der Waals surface area contributed by atoms with E-state index in [4.69, 9.17) is 6.57 Å². The lowest BCUT2D eigenvalue weighted by atomic mass is 9.68. The first-order chi connectivity index (χ1) is 9.85. The second-order valence-corrected chi connectivity index (χ2v) is 6.03. The van der Waals surface area contributed by atoms with Crippen molar-refractivity contribution in [1.29, 1.82) is 0 Å². The predicted octanol–water partition coefficient (Wildman–Crippen LogP) is 5.47. The van der Waals surface area contributed by atoms with E-state index in [0.717, 1.165) is 5.69 Å². The summed E-state index contributed by atoms with van der Waals surface area (Å²) in [7, 11) is 0. The second kappa shape index (κ2) is 4.21. The number of fused-ring (bicyclic) bond motifs is 5. The zero-order chi connectivity index (χ0) is 13.6. The molecule has 0 N–H and O–H groups in total. The van der Waals surface area contributed by atoms with Gasteiger partial charge in [0.1, 0.15) is 0 Å². The molecule has 2 aliphatic rings. The standard InChI is InChI=1S/C19H17N/c1-20-14-9-10-16-15-7-3-4-8-17(15)19(18(16)13-14)11-5-2-6-12-19/h3-4,7-10,13H,2,5-6,11-12H2. The maximum absolute atomic E-state index is 7.29. The largest absolute Gasteiger partial charge is 0.238 e. The van der Waals surface area contributed by atoms with Crippen LogP contribution in [0.1, 0.15) is 43.2 Å². The highest BCUT2D eigenvalue weighted by atomic mass is 14.6. The molecule has 0 heterocycles. The smallest absolute Gasteiger partial charge is 0.187 e. The van der Waals surface area contributed by atoms with Gasteiger partial charge in [-0.05, 0) is 35.1 Å². The number of hydrogen-bond acceptors (Lipinski definition) is 0. The molecule has 1 nitrogen and oxygen atoms in total. The monoisotopic (exact) mass is 259 g/mol. The normalized spacial score (nSPS) is 18.4. The number of nitrogens with zero attached hydrogens (tertiary/aromatic N) is 1. The lowest BCUT2D eigenvalue weighted by Gasteiger charge is -2.36. The van der Waals surface area contributed by atoms with Gasteiger partial charge in [0.25, 0.3) is 0 Å². The summed E-state index contributed by atoms with van der Waals surface area (Å²) < 4.78 is 0. The van der Waals surface area contributed by atoms with Gasteiger partial charge >= 0.3 is 0 Å². The first-order valence-electron chi connectivity index (χ1n) is 7.47. The molecule has 20 heavy (non-hydrogen) atoms. The topological polar surface area (TPSA) is 4.36 Å². The minimum atomic E-state index is 0.185. The Hall–Kier alpha value is -2.07. The van der Waals surface area contributed by atoms with Crippen LogP contribution in [0, 0.1) is 6.57 Å². The Kier molecular flexibility index (Phi) is 2.47. The van der Waals surface area contributed by atoms with Crippen LogP contribution in [-0.4, -0.2) is 0 Å². The second-order valence-electron chi connectivity index (χ2n) is 6.03. The zero-order valence-electron chi connectivity index (χ0n) is 11.5. The summed E-state index contributed by atoms with van der Waals surface area (Å²) in [5.74, 6) is 0. The third-order valence-corrected chi connectivity index (χ3v) is 5.09. The molecule has 2 aliphatic carbocycles. The molecule has 1 spiro atoms. The molecular weight excluding hydrogens is 242 g/mol. The van der Waals surface area contributed by atoms with E-state index >= 15 is 0 Å². The highest BCUT2D eigenvalue weighted by Gasteiger charge is 2.43. The maximum Gasteiger partial charge on any atom is 0.187 e. The van der Waals surface area contributed by atoms with Crippen molar-refractivity contribution < 1.29 is 0 Å². The highest BCUT2D eigenvalue weighted by Crippen LogP contribution is 2.56. The van der Waals surface area contributed by atoms with E-state index in [0.29, 0.717) is 0 Å². The molecule has 0 aliphatic heterocycles. The summed E-state index contributed by atoms with van der Waals surface area (Å²) in [6.07, 6.45) is 6.42. The minimum absolute atomic E-state index is 0.185. The van der Waals surface area contributed by atoms with E-state index in [2.05, 4.69) is 41.2 Å². The van der Waals surface area contributed by atoms with Gasteiger partial charge < -0.3 is 0 Å². The van der Waals surface area contributed by atoms with Crippen LogP contribution in [0.2, 0.25) is 0 Å². The first kappa shape index (κ1) is 11.7. The summed E-state index contributed by atoms with van der Waals surface area (Å²) >= 11 is 0. The van der Waals surface area contributed by atoms with Crippen molar-refractivity contribution in [3.63, 3.8) is 0 Å². The van der Waals surface area contributed by atoms with Gasteiger partial charge in [0, 0.05) is 5.41 Å². The van der Waals surface area contributed by atoms with Crippen molar-refractivity contribution in [2.75, 3.05) is 0 Å². The molecule has 0 atom stereocenters. The van der Waals surface area contributed by atoms with Crippen molar-refractivity contribution in [3.05, 3.63) is 65.0 Å². The fraction of sp³-hybridized carbons (Fsp3) is 0.316. The predicted molar refractivity (Wildman–Crippen MR) is 82.0 cm³/mol. The van der Waals surface area contributed by atoms with Crippen molar-refractivity contribution >= 4 is 5.69 Å². The van der Waals surface area contributed by atoms with Crippen molar-refractivity contribution in [2.24, 2.45) is 0 Å². The number of hydrogen-bond donors (Lipinski definition) is 0. The average Bonchev–Trinajstić information content (AvgIpc) is 2.79. The van der Waals surface area contributed by atoms with Crippen molar-refractivity contribution in [1.82, 2.24) is 0 Å². The Labute approximate surface area is 120 Å². The van der Waals surface area contributed by atoms with Crippen molar-refractivity contribution in [2.45, 2.75) is 37.5 Å². The molecule has 4 rings (SSSR count). The van der Waals surface area contributed by atoms with Crippen LogP contribution >= 0.6 is 0 Å². The van der Waals surface area contributed by atoms with Gasteiger partial charge in [0.2, 0.25) is 0 Å². The van der Waals surface area contributed by atoms with Crippen molar-refractivity contribution in [3.8, 4) is 11.1 Å². The van der Waals surface area contributed by atoms with E-state index in [1.54, 1.807) is 0 Å². The van der Waals surface area contributed by atoms with Gasteiger partial charge in [-0.1, -0.05) is 61.7 Å². The molecule has 1 saturated carbocycles. The number of rotatable bonds is 0. The summed E-state index contributed by atoms with van der Waals surface area (Å²) in [6, 6.07) is 15.1. The quantitative estimate of drug-likeness (QED) is 0.553. The highest BCUT2D eigenvalue weighted by molar-refractivity contribution is 5.82. The van der Waals surface area contributed by atoms with E-state index < -0.39 is 0 Å². The number of benzene rings is 2. The Balaban J connectivity index is 2.02. The van der Waals surface area contributed by atoms with Crippen LogP contribution in [0.4, 0.5) is 5.69 Å². The minimum Gasteiger partial charge on any atom is -0.238 e. The summed E-state index contributed by atoms with van der Waals surface area (Å²) in [6.45, 7) is 7.29. The summed E-state index contributed by atoms with van der Waals surface area (Å²) in [5.41, 5.74) is 6.62. The SMILES string of the molecule is [C-]#[N+]c1ccc2c(c1)C1(CCCCC1)c1ccccc1-2. The Morgan fingerprint density at radius 3 is 2.40 bits per heavy atom. The molecule has 0 saturated heterocycles. The van der Waals surface area contributed by atoms with Gasteiger partial charge in [0.15, 0.2) is 5.69 Å². The molecule has 0 aromatic heterocycles. The third kappa shape index (κ3) is 1.42. The van der Waals surface area contributed by atoms with E-state index in [1.165, 1.54) is 54.4 Å². The van der Waals surface area contributed by atoms with Gasteiger partial charge in [-0.25, -0.2) is 4.85 Å². The molecule has 0 radical (unpaired) electrons. The van der Waals surface area contributed by atoms with Gasteiger partial charge in [0.05, 0.1) is 6.57 Å². The fourth-order valence-corrected chi connectivity index (χ4v) is 4.21. The summed E-state index contributed by atoms with van der Waals surface area (Å²) in [5, 5.41) is 0. The van der Waals surface area contributed by atoms with Gasteiger partial charge in [-0.2, -0.15) is 0 Å². The molecule has 1 heteroatoms. The third-order valence-electron chi connectivity index (χ3n) is 5.09. The van der Waals surface area contributed by atoms with Crippen LogP contribution in [0.5, 0.6) is 0 Å². The lowest BCUT2D eigenvalue weighted by Crippen LogP contribution is -2.27. The van der Waals surface area contributed by atoms with Gasteiger partial charge in [-0.15, -0.1) is 0 Å². The molecule has 2 aromatic rings. The Morgan fingerprint density at radius 1 is 0.850 bits per heavy atom. The van der Waals surface area contributed by atoms with Crippen LogP contribution < -0.4 is 0 Å².